The number of aryl methyl sites for hydroxylation is 2. The van der Waals surface area contributed by atoms with Crippen molar-refractivity contribution in [3.63, 3.8) is 0 Å². The predicted molar refractivity (Wildman–Crippen MR) is 110 cm³/mol. The number of rotatable bonds is 8. The maximum atomic E-state index is 13.2. The van der Waals surface area contributed by atoms with Gasteiger partial charge in [0.15, 0.2) is 0 Å². The highest BCUT2D eigenvalue weighted by molar-refractivity contribution is 7.20. The Balaban J connectivity index is 1.97. The normalized spacial score (nSPS) is 14.1. The van der Waals surface area contributed by atoms with Gasteiger partial charge in [-0.2, -0.15) is 0 Å². The van der Waals surface area contributed by atoms with E-state index in [-0.39, 0.29) is 11.5 Å². The Hall–Kier alpha value is -1.77. The molecule has 8 heteroatoms. The molecule has 0 atom stereocenters. The van der Waals surface area contributed by atoms with Crippen LogP contribution < -0.4 is 5.56 Å². The molecule has 3 rings (SSSR count). The van der Waals surface area contributed by atoms with Crippen LogP contribution in [0.15, 0.2) is 4.79 Å². The SMILES string of the molecule is COCCCN(CCOC)C(=O)c1sc2nc3n(c(=O)c2c1C)CCCCC3. The number of nitrogens with zero attached hydrogens (tertiary/aromatic N) is 3. The molecule has 0 spiro atoms. The summed E-state index contributed by atoms with van der Waals surface area (Å²) in [6, 6.07) is 0. The second-order valence-electron chi connectivity index (χ2n) is 7.16. The van der Waals surface area contributed by atoms with Crippen molar-refractivity contribution in [2.24, 2.45) is 0 Å². The van der Waals surface area contributed by atoms with Gasteiger partial charge in [0.2, 0.25) is 0 Å². The first-order valence-electron chi connectivity index (χ1n) is 9.88. The standard InChI is InChI=1S/C20H29N3O4S/c1-14-16-18(21-15-8-5-4-6-10-23(15)19(16)24)28-17(14)20(25)22(11-13-27-3)9-7-12-26-2/h4-13H2,1-3H3. The third-order valence-electron chi connectivity index (χ3n) is 5.23. The fourth-order valence-corrected chi connectivity index (χ4v) is 4.83. The van der Waals surface area contributed by atoms with Gasteiger partial charge in [-0.05, 0) is 31.7 Å². The topological polar surface area (TPSA) is 73.7 Å². The monoisotopic (exact) mass is 407 g/mol. The molecule has 0 aromatic carbocycles. The lowest BCUT2D eigenvalue weighted by atomic mass is 10.2. The minimum atomic E-state index is -0.0618. The summed E-state index contributed by atoms with van der Waals surface area (Å²) in [6.07, 6.45) is 4.75. The van der Waals surface area contributed by atoms with Crippen LogP contribution in [0.3, 0.4) is 0 Å². The summed E-state index contributed by atoms with van der Waals surface area (Å²) < 4.78 is 12.1. The highest BCUT2D eigenvalue weighted by atomic mass is 32.1. The number of hydrogen-bond acceptors (Lipinski definition) is 6. The second-order valence-corrected chi connectivity index (χ2v) is 8.16. The van der Waals surface area contributed by atoms with E-state index in [4.69, 9.17) is 14.5 Å². The van der Waals surface area contributed by atoms with Crippen molar-refractivity contribution in [3.8, 4) is 0 Å². The average Bonchev–Trinajstić information content (AvgIpc) is 2.86. The number of carbonyl (C=O) groups excluding carboxylic acids is 1. The summed E-state index contributed by atoms with van der Waals surface area (Å²) in [5.41, 5.74) is 0.744. The zero-order chi connectivity index (χ0) is 20.1. The molecule has 7 nitrogen and oxygen atoms in total. The zero-order valence-electron chi connectivity index (χ0n) is 17.0. The van der Waals surface area contributed by atoms with Crippen LogP contribution >= 0.6 is 11.3 Å². The molecule has 0 fully saturated rings. The van der Waals surface area contributed by atoms with Crippen LogP contribution in [0.4, 0.5) is 0 Å². The molecule has 154 valence electrons. The van der Waals surface area contributed by atoms with Crippen molar-refractivity contribution >= 4 is 27.5 Å². The molecule has 0 saturated carbocycles. The smallest absolute Gasteiger partial charge is 0.264 e. The van der Waals surface area contributed by atoms with Gasteiger partial charge in [-0.1, -0.05) is 6.42 Å². The molecule has 2 aromatic heterocycles. The summed E-state index contributed by atoms with van der Waals surface area (Å²) in [7, 11) is 3.28. The van der Waals surface area contributed by atoms with E-state index >= 15 is 0 Å². The van der Waals surface area contributed by atoms with E-state index in [2.05, 4.69) is 0 Å². The lowest BCUT2D eigenvalue weighted by molar-refractivity contribution is 0.0678. The Kier molecular flexibility index (Phi) is 7.20. The first-order valence-corrected chi connectivity index (χ1v) is 10.7. The fraction of sp³-hybridized carbons (Fsp3) is 0.650. The van der Waals surface area contributed by atoms with Gasteiger partial charge in [-0.25, -0.2) is 4.98 Å². The Morgan fingerprint density at radius 2 is 1.96 bits per heavy atom. The summed E-state index contributed by atoms with van der Waals surface area (Å²) in [4.78, 5) is 34.2. The van der Waals surface area contributed by atoms with Crippen molar-refractivity contribution in [1.82, 2.24) is 14.5 Å². The van der Waals surface area contributed by atoms with Crippen molar-refractivity contribution in [2.45, 2.75) is 45.6 Å². The molecule has 0 N–H and O–H groups in total. The third-order valence-corrected chi connectivity index (χ3v) is 6.41. The number of thiophene rings is 1. The van der Waals surface area contributed by atoms with Crippen molar-refractivity contribution in [2.75, 3.05) is 40.5 Å². The van der Waals surface area contributed by atoms with Crippen molar-refractivity contribution < 1.29 is 14.3 Å². The van der Waals surface area contributed by atoms with E-state index in [0.717, 1.165) is 43.5 Å². The lowest BCUT2D eigenvalue weighted by Gasteiger charge is -2.22. The van der Waals surface area contributed by atoms with Crippen LogP contribution in [-0.4, -0.2) is 60.9 Å². The summed E-state index contributed by atoms with van der Waals surface area (Å²) in [5, 5.41) is 0.600. The van der Waals surface area contributed by atoms with Crippen LogP contribution in [0.5, 0.6) is 0 Å². The first-order chi connectivity index (χ1) is 13.6. The minimum Gasteiger partial charge on any atom is -0.385 e. The van der Waals surface area contributed by atoms with Crippen molar-refractivity contribution in [1.29, 1.82) is 0 Å². The Morgan fingerprint density at radius 1 is 1.18 bits per heavy atom. The Labute approximate surface area is 169 Å². The predicted octanol–water partition coefficient (Wildman–Crippen LogP) is 2.62. The van der Waals surface area contributed by atoms with E-state index in [9.17, 15) is 9.59 Å². The maximum absolute atomic E-state index is 13.2. The molecule has 1 aliphatic heterocycles. The third kappa shape index (κ3) is 4.29. The largest absolute Gasteiger partial charge is 0.385 e. The van der Waals surface area contributed by atoms with Gasteiger partial charge in [-0.3, -0.25) is 14.2 Å². The van der Waals surface area contributed by atoms with E-state index < -0.39 is 0 Å². The van der Waals surface area contributed by atoms with Crippen LogP contribution in [-0.2, 0) is 22.4 Å². The van der Waals surface area contributed by atoms with Crippen molar-refractivity contribution in [3.05, 3.63) is 26.6 Å². The summed E-state index contributed by atoms with van der Waals surface area (Å²) in [5.74, 6) is 0.792. The first kappa shape index (κ1) is 21.0. The highest BCUT2D eigenvalue weighted by Gasteiger charge is 2.25. The summed E-state index contributed by atoms with van der Waals surface area (Å²) >= 11 is 1.34. The molecule has 28 heavy (non-hydrogen) atoms. The molecule has 0 bridgehead atoms. The molecular weight excluding hydrogens is 378 g/mol. The van der Waals surface area contributed by atoms with Gasteiger partial charge in [0.05, 0.1) is 16.9 Å². The maximum Gasteiger partial charge on any atom is 0.264 e. The number of hydrogen-bond donors (Lipinski definition) is 0. The van der Waals surface area contributed by atoms with E-state index in [1.54, 1.807) is 19.1 Å². The van der Waals surface area contributed by atoms with E-state index in [1.807, 2.05) is 11.5 Å². The molecule has 0 aliphatic carbocycles. The number of ether oxygens (including phenoxy) is 2. The van der Waals surface area contributed by atoms with E-state index in [1.165, 1.54) is 11.3 Å². The number of amides is 1. The van der Waals surface area contributed by atoms with Gasteiger partial charge in [0.1, 0.15) is 10.7 Å². The average molecular weight is 408 g/mol. The number of fused-ring (bicyclic) bond motifs is 2. The van der Waals surface area contributed by atoms with Gasteiger partial charge in [0, 0.05) is 46.9 Å². The molecule has 0 unspecified atom stereocenters. The van der Waals surface area contributed by atoms with Gasteiger partial charge in [-0.15, -0.1) is 11.3 Å². The Morgan fingerprint density at radius 3 is 2.71 bits per heavy atom. The quantitative estimate of drug-likeness (QED) is 0.629. The number of carbonyl (C=O) groups is 1. The molecule has 3 heterocycles. The highest BCUT2D eigenvalue weighted by Crippen LogP contribution is 2.29. The number of aromatic nitrogens is 2. The fourth-order valence-electron chi connectivity index (χ4n) is 3.67. The molecule has 1 aliphatic rings. The molecular formula is C20H29N3O4S. The minimum absolute atomic E-state index is 0.00229. The van der Waals surface area contributed by atoms with Crippen LogP contribution in [0.25, 0.3) is 10.2 Å². The van der Waals surface area contributed by atoms with Crippen LogP contribution in [0.1, 0.15) is 46.7 Å². The molecule has 0 radical (unpaired) electrons. The van der Waals surface area contributed by atoms with E-state index in [0.29, 0.717) is 47.9 Å². The van der Waals surface area contributed by atoms with Gasteiger partial charge >= 0.3 is 0 Å². The zero-order valence-corrected chi connectivity index (χ0v) is 17.8. The number of methoxy groups -OCH3 is 2. The molecule has 2 aromatic rings. The molecule has 0 saturated heterocycles. The van der Waals surface area contributed by atoms with Gasteiger partial charge in [0.25, 0.3) is 11.5 Å². The van der Waals surface area contributed by atoms with Crippen LogP contribution in [0, 0.1) is 6.92 Å². The second kappa shape index (κ2) is 9.62. The summed E-state index contributed by atoms with van der Waals surface area (Å²) in [6.45, 7) is 4.74. The molecule has 1 amide bonds. The Bertz CT molecular complexity index is 890. The van der Waals surface area contributed by atoms with Gasteiger partial charge < -0.3 is 14.4 Å². The lowest BCUT2D eigenvalue weighted by Crippen LogP contribution is -2.35. The van der Waals surface area contributed by atoms with Crippen LogP contribution in [0.2, 0.25) is 0 Å².